The molecule has 0 atom stereocenters. The van der Waals surface area contributed by atoms with Crippen molar-refractivity contribution in [3.05, 3.63) is 255 Å². The SMILES string of the molecule is Cc1[c-]c(I)c(I)c(I)c1.Cc1[c-]c(I)cc(I)c1.Cc1[c-]cccc1.Cc1c(I)[c-]c(I)[c-]c1I.Cc1c(I)[c-]c(I)cc1I.Cc1c[c-]ccc1.Cc1cc(I)[c-]c(I)c1.Cc1cc[c-]cc1.[W].[W].[W].[W].[W].[W].[W].[W].[W]. The first-order valence-corrected chi connectivity index (χ1v) is 33.9. The molecule has 0 saturated heterocycles. The second-order valence-electron chi connectivity index (χ2n) is 14.0. The van der Waals surface area contributed by atoms with E-state index >= 15 is 0 Å². The maximum absolute atomic E-state index is 3.25. The standard InChI is InChI=1S/C7H4I3.C7H3I3.C7H4I3.2C7H5I2.3C7H7.9W/c2*1-4-6(9)2-5(8)3-7(4)10;1-4-2-5(8)7(10)6(9)3-4;2*1-5-2-6(8)4-7(9)3-5;3*1-7-5-3-2-4-6-7;;;;;;;;;/h2H,1H3;1H3;2H,1H3;2,4H,1H3;2-3H,1H3;3-6H,1H3;2-3,5-6H,1H3;2-5H,1H3;;;;;;;;;/q-1;-2;6*-1;;;;;;;;;. The van der Waals surface area contributed by atoms with E-state index in [1.54, 1.807) is 0 Å². The van der Waals surface area contributed by atoms with Gasteiger partial charge in [0.25, 0.3) is 0 Å². The Kier molecular flexibility index (Phi) is 86.9. The monoisotopic (exact) mass is 4020 g/mol. The predicted octanol–water partition coefficient (Wildman–Crippen LogP) is 22.0. The summed E-state index contributed by atoms with van der Waals surface area (Å²) in [5, 5.41) is 0. The Morgan fingerprint density at radius 1 is 0.321 bits per heavy atom. The second-order valence-corrected chi connectivity index (χ2v) is 28.7. The van der Waals surface area contributed by atoms with Gasteiger partial charge in [0.05, 0.1) is 0 Å². The topological polar surface area (TPSA) is 0 Å². The maximum Gasteiger partial charge on any atom is 0 e. The number of halogens is 13. The molecule has 0 aliphatic rings. The first-order chi connectivity index (χ1) is 32.4. The summed E-state index contributed by atoms with van der Waals surface area (Å²) in [7, 11) is 0. The molecular formula is C56H42I13W9-9. The fourth-order valence-corrected chi connectivity index (χ4v) is 17.4. The van der Waals surface area contributed by atoms with Gasteiger partial charge in [-0.25, -0.2) is 10.7 Å². The molecule has 8 rings (SSSR count). The molecule has 0 N–H and O–H groups in total. The Morgan fingerprint density at radius 3 is 1.15 bits per heavy atom. The first-order valence-electron chi connectivity index (χ1n) is 19.9. The average Bonchev–Trinajstić information content (AvgIpc) is 3.25. The van der Waals surface area contributed by atoms with Crippen molar-refractivity contribution in [3.8, 4) is 0 Å². The summed E-state index contributed by atoms with van der Waals surface area (Å²) >= 11 is 29.9. The van der Waals surface area contributed by atoms with Crippen LogP contribution < -0.4 is 0 Å². The molecule has 8 aromatic rings. The van der Waals surface area contributed by atoms with Crippen LogP contribution in [0.3, 0.4) is 0 Å². The number of hydrogen-bond donors (Lipinski definition) is 0. The van der Waals surface area contributed by atoms with Crippen LogP contribution in [0.1, 0.15) is 44.5 Å². The molecule has 0 aliphatic carbocycles. The van der Waals surface area contributed by atoms with Gasteiger partial charge in [-0.2, -0.15) is 173 Å². The molecule has 78 heavy (non-hydrogen) atoms. The van der Waals surface area contributed by atoms with Crippen molar-refractivity contribution in [2.45, 2.75) is 55.4 Å². The zero-order valence-electron chi connectivity index (χ0n) is 42.0. The van der Waals surface area contributed by atoms with E-state index < -0.39 is 0 Å². The molecule has 8 aromatic carbocycles. The fraction of sp³-hybridized carbons (Fsp3) is 0.143. The van der Waals surface area contributed by atoms with E-state index in [9.17, 15) is 0 Å². The van der Waals surface area contributed by atoms with Crippen LogP contribution in [0.2, 0.25) is 0 Å². The molecule has 420 valence electrons. The number of aryl methyl sites for hydroxylation is 6. The largest absolute Gasteiger partial charge is 0.331 e. The van der Waals surface area contributed by atoms with Crippen molar-refractivity contribution < 1.29 is 190 Å². The van der Waals surface area contributed by atoms with Crippen LogP contribution >= 0.6 is 294 Å². The van der Waals surface area contributed by atoms with E-state index in [4.69, 9.17) is 0 Å². The van der Waals surface area contributed by atoms with Gasteiger partial charge in [-0.1, -0.05) is 287 Å². The van der Waals surface area contributed by atoms with Gasteiger partial charge >= 0.3 is 0 Å². The molecule has 0 unspecified atom stereocenters. The van der Waals surface area contributed by atoms with Crippen LogP contribution in [0.15, 0.2) is 109 Å². The molecule has 0 nitrogen and oxygen atoms in total. The minimum absolute atomic E-state index is 0. The summed E-state index contributed by atoms with van der Waals surface area (Å²) in [5.41, 5.74) is 10.1. The summed E-state index contributed by atoms with van der Waals surface area (Å²) in [6, 6.07) is 64.6. The quantitative estimate of drug-likeness (QED) is 0.0806. The fourth-order valence-electron chi connectivity index (χ4n) is 4.38. The van der Waals surface area contributed by atoms with Crippen molar-refractivity contribution in [2.75, 3.05) is 0 Å². The van der Waals surface area contributed by atoms with Crippen LogP contribution in [0.5, 0.6) is 0 Å². The third-order valence-corrected chi connectivity index (χ3v) is 20.5. The van der Waals surface area contributed by atoms with Gasteiger partial charge in [0, 0.05) is 190 Å². The smallest absolute Gasteiger partial charge is 0 e. The van der Waals surface area contributed by atoms with Gasteiger partial charge < -0.3 is 12.1 Å². The molecule has 22 heteroatoms. The molecule has 0 fully saturated rings. The molecule has 0 aromatic heterocycles. The van der Waals surface area contributed by atoms with Crippen LogP contribution in [0.25, 0.3) is 0 Å². The van der Waals surface area contributed by atoms with Gasteiger partial charge in [0.2, 0.25) is 0 Å². The zero-order chi connectivity index (χ0) is 52.2. The van der Waals surface area contributed by atoms with Gasteiger partial charge in [-0.3, -0.25) is 5.56 Å². The van der Waals surface area contributed by atoms with Crippen molar-refractivity contribution >= 4 is 294 Å². The van der Waals surface area contributed by atoms with E-state index in [0.717, 1.165) is 3.57 Å². The van der Waals surface area contributed by atoms with E-state index in [-0.39, 0.29) is 190 Å². The first kappa shape index (κ1) is 106. The van der Waals surface area contributed by atoms with E-state index in [2.05, 4.69) is 439 Å². The van der Waals surface area contributed by atoms with Gasteiger partial charge in [0.15, 0.2) is 0 Å². The number of benzene rings is 8. The summed E-state index contributed by atoms with van der Waals surface area (Å²) < 4.78 is 15.9. The van der Waals surface area contributed by atoms with E-state index in [1.165, 1.54) is 87.3 Å². The minimum atomic E-state index is 0. The molecule has 0 bridgehead atoms. The third-order valence-electron chi connectivity index (χ3n) is 7.82. The van der Waals surface area contributed by atoms with Crippen molar-refractivity contribution in [3.63, 3.8) is 0 Å². The predicted molar refractivity (Wildman–Crippen MR) is 404 cm³/mol. The summed E-state index contributed by atoms with van der Waals surface area (Å²) in [6.07, 6.45) is 0. The molecule has 0 radical (unpaired) electrons. The molecule has 0 aliphatic heterocycles. The van der Waals surface area contributed by atoms with Crippen LogP contribution in [-0.2, 0) is 190 Å². The molecular weight excluding hydrogens is 3980 g/mol. The van der Waals surface area contributed by atoms with Crippen LogP contribution in [0, 0.1) is 156 Å². The normalized spacial score (nSPS) is 8.42. The molecule has 0 heterocycles. The van der Waals surface area contributed by atoms with Gasteiger partial charge in [-0.05, 0) is 0 Å². The van der Waals surface area contributed by atoms with Crippen molar-refractivity contribution in [1.82, 2.24) is 0 Å². The van der Waals surface area contributed by atoms with Crippen molar-refractivity contribution in [1.29, 1.82) is 0 Å². The zero-order valence-corrected chi connectivity index (χ0v) is 96.4. The average molecular weight is 4020 g/mol. The number of hydrogen-bond acceptors (Lipinski definition) is 0. The second kappa shape index (κ2) is 63.8. The molecule has 0 saturated carbocycles. The van der Waals surface area contributed by atoms with Gasteiger partial charge in [-0.15, -0.1) is 115 Å². The van der Waals surface area contributed by atoms with E-state index in [1.807, 2.05) is 73.7 Å². The Morgan fingerprint density at radius 2 is 0.808 bits per heavy atom. The molecule has 0 spiro atoms. The Hall–Kier alpha value is 9.44. The Bertz CT molecular complexity index is 2330. The number of rotatable bonds is 0. The van der Waals surface area contributed by atoms with Crippen LogP contribution in [0.4, 0.5) is 0 Å². The van der Waals surface area contributed by atoms with Gasteiger partial charge in [0.1, 0.15) is 0 Å². The Labute approximate surface area is 775 Å². The van der Waals surface area contributed by atoms with E-state index in [0.29, 0.717) is 0 Å². The third kappa shape index (κ3) is 54.8. The summed E-state index contributed by atoms with van der Waals surface area (Å²) in [4.78, 5) is 0. The Balaban J connectivity index is -0.0000000984. The summed E-state index contributed by atoms with van der Waals surface area (Å²) in [5.74, 6) is 0. The summed E-state index contributed by atoms with van der Waals surface area (Å²) in [6.45, 7) is 16.6. The minimum Gasteiger partial charge on any atom is -0.331 e. The maximum atomic E-state index is 3.25. The van der Waals surface area contributed by atoms with Crippen molar-refractivity contribution in [2.24, 2.45) is 0 Å². The van der Waals surface area contributed by atoms with Crippen LogP contribution in [-0.4, -0.2) is 0 Å². The molecule has 0 amide bonds.